The van der Waals surface area contributed by atoms with Crippen molar-refractivity contribution in [1.82, 2.24) is 20.1 Å². The minimum atomic E-state index is -4.47. The van der Waals surface area contributed by atoms with Gasteiger partial charge >= 0.3 is 6.18 Å². The molecule has 0 aromatic carbocycles. The summed E-state index contributed by atoms with van der Waals surface area (Å²) < 4.78 is 66.9. The molecule has 0 bridgehead atoms. The molecule has 1 amide bonds. The van der Waals surface area contributed by atoms with E-state index in [1.165, 1.54) is 17.2 Å². The molecule has 3 fully saturated rings. The molecule has 4 heterocycles. The van der Waals surface area contributed by atoms with Gasteiger partial charge in [-0.3, -0.25) is 9.69 Å². The van der Waals surface area contributed by atoms with Gasteiger partial charge in [-0.2, -0.15) is 13.2 Å². The number of nitrogens with zero attached hydrogens (tertiary/aromatic N) is 4. The molecule has 1 N–H and O–H groups in total. The standard InChI is InChI=1S/C20H26F5N5O.2ClH/c1-13-15(11-27-16(13)18(31)30-6-4-19(21,22)12-30)28-7-9-29(10-8-28)17-14(20(23,24)25)3-2-5-26-17;;/h2-3,5,13,15-16,27H,4,6-12H2,1H3;2*1H/t13?,15-,16+;;/m1../s1. The van der Waals surface area contributed by atoms with Gasteiger partial charge in [-0.15, -0.1) is 24.8 Å². The van der Waals surface area contributed by atoms with Crippen LogP contribution in [0.4, 0.5) is 27.8 Å². The van der Waals surface area contributed by atoms with Crippen molar-refractivity contribution in [3.8, 4) is 0 Å². The molecule has 0 saturated carbocycles. The van der Waals surface area contributed by atoms with Crippen molar-refractivity contribution in [3.63, 3.8) is 0 Å². The Labute approximate surface area is 201 Å². The summed E-state index contributed by atoms with van der Waals surface area (Å²) >= 11 is 0. The van der Waals surface area contributed by atoms with Crippen molar-refractivity contribution >= 4 is 36.5 Å². The van der Waals surface area contributed by atoms with Gasteiger partial charge in [0.15, 0.2) is 0 Å². The van der Waals surface area contributed by atoms with Crippen LogP contribution in [-0.2, 0) is 11.0 Å². The third-order valence-corrected chi connectivity index (χ3v) is 6.60. The number of nitrogens with one attached hydrogen (secondary N) is 1. The van der Waals surface area contributed by atoms with Crippen molar-refractivity contribution in [3.05, 3.63) is 23.9 Å². The molecular formula is C20H28Cl2F5N5O. The monoisotopic (exact) mass is 519 g/mol. The lowest BCUT2D eigenvalue weighted by Gasteiger charge is -2.40. The molecule has 0 radical (unpaired) electrons. The van der Waals surface area contributed by atoms with Gasteiger partial charge in [0.1, 0.15) is 5.82 Å². The molecule has 6 nitrogen and oxygen atoms in total. The average molecular weight is 520 g/mol. The van der Waals surface area contributed by atoms with Gasteiger partial charge in [0.05, 0.1) is 18.2 Å². The number of rotatable bonds is 3. The quantitative estimate of drug-likeness (QED) is 0.622. The van der Waals surface area contributed by atoms with Gasteiger partial charge in [-0.1, -0.05) is 6.92 Å². The summed E-state index contributed by atoms with van der Waals surface area (Å²) in [6, 6.07) is 1.81. The second kappa shape index (κ2) is 10.5. The second-order valence-electron chi connectivity index (χ2n) is 8.57. The molecule has 0 spiro atoms. The molecule has 0 aliphatic carbocycles. The number of hydrogen-bond donors (Lipinski definition) is 1. The van der Waals surface area contributed by atoms with Gasteiger partial charge in [-0.05, 0) is 18.1 Å². The van der Waals surface area contributed by atoms with Gasteiger partial charge in [-0.25, -0.2) is 13.8 Å². The van der Waals surface area contributed by atoms with E-state index in [0.29, 0.717) is 32.7 Å². The number of amides is 1. The van der Waals surface area contributed by atoms with Crippen LogP contribution in [0.1, 0.15) is 18.9 Å². The summed E-state index contributed by atoms with van der Waals surface area (Å²) in [5.74, 6) is -3.27. The van der Waals surface area contributed by atoms with Crippen molar-refractivity contribution < 1.29 is 26.7 Å². The van der Waals surface area contributed by atoms with Crippen molar-refractivity contribution in [1.29, 1.82) is 0 Å². The Hall–Kier alpha value is -1.43. The molecule has 3 aliphatic heterocycles. The lowest BCUT2D eigenvalue weighted by atomic mass is 9.96. The maximum Gasteiger partial charge on any atom is 0.419 e. The zero-order chi connectivity index (χ0) is 22.4. The summed E-state index contributed by atoms with van der Waals surface area (Å²) in [4.78, 5) is 21.7. The number of halogens is 7. The Bertz CT molecular complexity index is 822. The number of anilines is 1. The Morgan fingerprint density at radius 1 is 1.15 bits per heavy atom. The third-order valence-electron chi connectivity index (χ3n) is 6.60. The van der Waals surface area contributed by atoms with Crippen LogP contribution < -0.4 is 10.2 Å². The Balaban J connectivity index is 0.00000193. The third kappa shape index (κ3) is 5.80. The second-order valence-corrected chi connectivity index (χ2v) is 8.57. The van der Waals surface area contributed by atoms with Crippen LogP contribution in [0.3, 0.4) is 0 Å². The molecule has 13 heteroatoms. The number of carbonyl (C=O) groups is 1. The number of piperazine rings is 1. The van der Waals surface area contributed by atoms with E-state index < -0.39 is 30.2 Å². The van der Waals surface area contributed by atoms with E-state index in [1.807, 2.05) is 6.92 Å². The van der Waals surface area contributed by atoms with Crippen LogP contribution in [0.5, 0.6) is 0 Å². The SMILES string of the molecule is CC1[C@@H](C(=O)N2CCC(F)(F)C2)NC[C@H]1N1CCN(c2ncccc2C(F)(F)F)CC1.Cl.Cl. The highest BCUT2D eigenvalue weighted by molar-refractivity contribution is 5.85. The minimum absolute atomic E-state index is 0. The van der Waals surface area contributed by atoms with Gasteiger partial charge < -0.3 is 15.1 Å². The maximum atomic E-state index is 13.5. The van der Waals surface area contributed by atoms with Crippen molar-refractivity contribution in [2.24, 2.45) is 5.92 Å². The summed E-state index contributed by atoms with van der Waals surface area (Å²) in [6.07, 6.45) is -3.42. The number of alkyl halides is 5. The van der Waals surface area contributed by atoms with E-state index >= 15 is 0 Å². The minimum Gasteiger partial charge on any atom is -0.354 e. The number of likely N-dealkylation sites (tertiary alicyclic amines) is 1. The highest BCUT2D eigenvalue weighted by Crippen LogP contribution is 2.36. The molecule has 4 rings (SSSR count). The first-order chi connectivity index (χ1) is 14.6. The molecule has 188 valence electrons. The number of carbonyl (C=O) groups excluding carboxylic acids is 1. The van der Waals surface area contributed by atoms with Crippen LogP contribution in [0.25, 0.3) is 0 Å². The fourth-order valence-electron chi connectivity index (χ4n) is 4.87. The van der Waals surface area contributed by atoms with E-state index in [9.17, 15) is 26.7 Å². The van der Waals surface area contributed by atoms with Crippen LogP contribution >= 0.6 is 24.8 Å². The zero-order valence-corrected chi connectivity index (χ0v) is 19.7. The van der Waals surface area contributed by atoms with Crippen LogP contribution in [-0.4, -0.2) is 84.5 Å². The predicted molar refractivity (Wildman–Crippen MR) is 118 cm³/mol. The maximum absolute atomic E-state index is 13.5. The summed E-state index contributed by atoms with van der Waals surface area (Å²) in [7, 11) is 0. The molecule has 33 heavy (non-hydrogen) atoms. The van der Waals surface area contributed by atoms with Crippen LogP contribution in [0.15, 0.2) is 18.3 Å². The van der Waals surface area contributed by atoms with Crippen LogP contribution in [0.2, 0.25) is 0 Å². The van der Waals surface area contributed by atoms with Gasteiger partial charge in [0.25, 0.3) is 5.92 Å². The lowest BCUT2D eigenvalue weighted by Crippen LogP contribution is -2.53. The van der Waals surface area contributed by atoms with E-state index in [4.69, 9.17) is 0 Å². The molecule has 1 unspecified atom stereocenters. The van der Waals surface area contributed by atoms with E-state index in [1.54, 1.807) is 4.90 Å². The van der Waals surface area contributed by atoms with Crippen molar-refractivity contribution in [2.45, 2.75) is 37.5 Å². The number of aromatic nitrogens is 1. The first kappa shape index (κ1) is 27.8. The van der Waals surface area contributed by atoms with Gasteiger partial charge in [0, 0.05) is 57.9 Å². The number of pyridine rings is 1. The highest BCUT2D eigenvalue weighted by atomic mass is 35.5. The van der Waals surface area contributed by atoms with E-state index in [2.05, 4.69) is 15.2 Å². The van der Waals surface area contributed by atoms with Gasteiger partial charge in [0.2, 0.25) is 5.91 Å². The molecule has 1 aromatic rings. The summed E-state index contributed by atoms with van der Waals surface area (Å²) in [5.41, 5.74) is -0.743. The highest BCUT2D eigenvalue weighted by Gasteiger charge is 2.47. The Kier molecular flexibility index (Phi) is 8.81. The zero-order valence-electron chi connectivity index (χ0n) is 18.0. The van der Waals surface area contributed by atoms with Crippen molar-refractivity contribution in [2.75, 3.05) is 50.7 Å². The molecule has 3 saturated heterocycles. The van der Waals surface area contributed by atoms with E-state index in [0.717, 1.165) is 6.07 Å². The smallest absolute Gasteiger partial charge is 0.354 e. The Morgan fingerprint density at radius 3 is 2.39 bits per heavy atom. The molecular weight excluding hydrogens is 492 g/mol. The summed E-state index contributed by atoms with van der Waals surface area (Å²) in [6.45, 7) is 3.84. The first-order valence-corrected chi connectivity index (χ1v) is 10.5. The number of hydrogen-bond acceptors (Lipinski definition) is 5. The van der Waals surface area contributed by atoms with Crippen LogP contribution in [0, 0.1) is 5.92 Å². The average Bonchev–Trinajstić information content (AvgIpc) is 3.29. The largest absolute Gasteiger partial charge is 0.419 e. The Morgan fingerprint density at radius 2 is 1.82 bits per heavy atom. The first-order valence-electron chi connectivity index (χ1n) is 10.5. The molecule has 1 aromatic heterocycles. The molecule has 3 atom stereocenters. The normalized spacial score (nSPS) is 27.8. The topological polar surface area (TPSA) is 51.7 Å². The fraction of sp³-hybridized carbons (Fsp3) is 0.700. The summed E-state index contributed by atoms with van der Waals surface area (Å²) in [5, 5.41) is 3.18. The van der Waals surface area contributed by atoms with E-state index in [-0.39, 0.29) is 61.5 Å². The predicted octanol–water partition coefficient (Wildman–Crippen LogP) is 2.91. The molecule has 3 aliphatic rings. The fourth-order valence-corrected chi connectivity index (χ4v) is 4.87. The lowest BCUT2D eigenvalue weighted by molar-refractivity contribution is -0.137.